The average molecular weight is 335 g/mol. The first-order valence-corrected chi connectivity index (χ1v) is 7.72. The number of rotatable bonds is 5. The number of nitrogens with one attached hydrogen (secondary N) is 3. The molecule has 25 heavy (non-hydrogen) atoms. The Morgan fingerprint density at radius 3 is 2.40 bits per heavy atom. The number of aryl methyl sites for hydroxylation is 1. The van der Waals surface area contributed by atoms with Crippen LogP contribution in [-0.2, 0) is 6.54 Å². The molecule has 126 valence electrons. The molecule has 2 aromatic heterocycles. The molecule has 3 N–H and O–H groups in total. The summed E-state index contributed by atoms with van der Waals surface area (Å²) in [5.74, 6) is -0.489. The molecule has 2 amide bonds. The van der Waals surface area contributed by atoms with Crippen LogP contribution in [0.2, 0.25) is 0 Å². The summed E-state index contributed by atoms with van der Waals surface area (Å²) in [6, 6.07) is 12.0. The molecular weight excluding hydrogens is 318 g/mol. The first kappa shape index (κ1) is 16.4. The largest absolute Gasteiger partial charge is 0.348 e. The normalized spacial score (nSPS) is 10.3. The molecule has 0 fully saturated rings. The Balaban J connectivity index is 1.58. The van der Waals surface area contributed by atoms with Crippen molar-refractivity contribution >= 4 is 17.5 Å². The molecule has 2 heterocycles. The standard InChI is InChI=1S/C18H17N5O2/c1-12-10-16(23-22-12)18(25)21-15-4-2-14(3-5-15)17(24)20-11-13-6-8-19-9-7-13/h2-10H,11H2,1H3,(H,20,24)(H,21,25)(H,22,23). The summed E-state index contributed by atoms with van der Waals surface area (Å²) in [6.45, 7) is 2.25. The van der Waals surface area contributed by atoms with Crippen LogP contribution in [0.25, 0.3) is 0 Å². The van der Waals surface area contributed by atoms with Gasteiger partial charge < -0.3 is 10.6 Å². The molecular formula is C18H17N5O2. The van der Waals surface area contributed by atoms with Crippen LogP contribution in [0.4, 0.5) is 5.69 Å². The topological polar surface area (TPSA) is 99.8 Å². The lowest BCUT2D eigenvalue weighted by atomic mass is 10.2. The third-order valence-corrected chi connectivity index (χ3v) is 3.55. The zero-order valence-electron chi connectivity index (χ0n) is 13.6. The SMILES string of the molecule is Cc1cc(C(=O)Nc2ccc(C(=O)NCc3ccncc3)cc2)n[nH]1. The molecule has 0 aliphatic heterocycles. The second-order valence-corrected chi connectivity index (χ2v) is 5.51. The molecule has 0 unspecified atom stereocenters. The highest BCUT2D eigenvalue weighted by atomic mass is 16.2. The number of benzene rings is 1. The van der Waals surface area contributed by atoms with Gasteiger partial charge in [-0.25, -0.2) is 0 Å². The minimum Gasteiger partial charge on any atom is -0.348 e. The zero-order chi connectivity index (χ0) is 17.6. The Morgan fingerprint density at radius 1 is 1.04 bits per heavy atom. The second kappa shape index (κ2) is 7.39. The van der Waals surface area contributed by atoms with Crippen LogP contribution >= 0.6 is 0 Å². The Hall–Kier alpha value is -3.48. The van der Waals surface area contributed by atoms with Crippen molar-refractivity contribution < 1.29 is 9.59 Å². The number of nitrogens with zero attached hydrogens (tertiary/aromatic N) is 2. The number of carbonyl (C=O) groups excluding carboxylic acids is 2. The Labute approximate surface area is 144 Å². The Morgan fingerprint density at radius 2 is 1.76 bits per heavy atom. The lowest BCUT2D eigenvalue weighted by Crippen LogP contribution is -2.22. The molecule has 0 aliphatic carbocycles. The van der Waals surface area contributed by atoms with Gasteiger partial charge in [0.2, 0.25) is 0 Å². The molecule has 0 bridgehead atoms. The molecule has 0 spiro atoms. The molecule has 1 aromatic carbocycles. The van der Waals surface area contributed by atoms with E-state index in [0.29, 0.717) is 23.5 Å². The van der Waals surface area contributed by atoms with Gasteiger partial charge in [-0.3, -0.25) is 19.7 Å². The molecule has 3 rings (SSSR count). The number of H-pyrrole nitrogens is 1. The number of hydrogen-bond donors (Lipinski definition) is 3. The average Bonchev–Trinajstić information content (AvgIpc) is 3.08. The van der Waals surface area contributed by atoms with Crippen molar-refractivity contribution in [3.05, 3.63) is 77.4 Å². The number of pyridine rings is 1. The minimum absolute atomic E-state index is 0.183. The predicted molar refractivity (Wildman–Crippen MR) is 93.1 cm³/mol. The molecule has 7 heteroatoms. The Bertz CT molecular complexity index is 872. The van der Waals surface area contributed by atoms with Crippen molar-refractivity contribution in [1.29, 1.82) is 0 Å². The molecule has 0 aliphatic rings. The van der Waals surface area contributed by atoms with Gasteiger partial charge in [0.15, 0.2) is 5.69 Å². The van der Waals surface area contributed by atoms with E-state index < -0.39 is 0 Å². The number of carbonyl (C=O) groups is 2. The quantitative estimate of drug-likeness (QED) is 0.666. The van der Waals surface area contributed by atoms with Gasteiger partial charge in [0.1, 0.15) is 0 Å². The predicted octanol–water partition coefficient (Wildman–Crippen LogP) is 2.30. The van der Waals surface area contributed by atoms with Crippen LogP contribution in [0.1, 0.15) is 32.1 Å². The fourth-order valence-electron chi connectivity index (χ4n) is 2.22. The van der Waals surface area contributed by atoms with Gasteiger partial charge in [-0.2, -0.15) is 5.10 Å². The van der Waals surface area contributed by atoms with Gasteiger partial charge in [0.05, 0.1) is 0 Å². The summed E-state index contributed by atoms with van der Waals surface area (Å²) in [4.78, 5) is 28.1. The summed E-state index contributed by atoms with van der Waals surface area (Å²) >= 11 is 0. The third kappa shape index (κ3) is 4.29. The van der Waals surface area contributed by atoms with Crippen LogP contribution in [0.5, 0.6) is 0 Å². The fourth-order valence-corrected chi connectivity index (χ4v) is 2.22. The minimum atomic E-state index is -0.306. The lowest BCUT2D eigenvalue weighted by Gasteiger charge is -2.07. The number of amides is 2. The van der Waals surface area contributed by atoms with Crippen LogP contribution in [0.15, 0.2) is 54.9 Å². The van der Waals surface area contributed by atoms with Gasteiger partial charge in [-0.1, -0.05) is 0 Å². The summed E-state index contributed by atoms with van der Waals surface area (Å²) in [5, 5.41) is 12.2. The molecule has 0 saturated carbocycles. The van der Waals surface area contributed by atoms with Crippen molar-refractivity contribution in [2.24, 2.45) is 0 Å². The van der Waals surface area contributed by atoms with E-state index in [-0.39, 0.29) is 11.8 Å². The first-order chi connectivity index (χ1) is 12.1. The van der Waals surface area contributed by atoms with Crippen LogP contribution in [0.3, 0.4) is 0 Å². The number of hydrogen-bond acceptors (Lipinski definition) is 4. The third-order valence-electron chi connectivity index (χ3n) is 3.55. The zero-order valence-corrected chi connectivity index (χ0v) is 13.6. The molecule has 0 atom stereocenters. The van der Waals surface area contributed by atoms with Crippen LogP contribution in [0, 0.1) is 6.92 Å². The van der Waals surface area contributed by atoms with Crippen molar-refractivity contribution in [2.45, 2.75) is 13.5 Å². The molecule has 0 saturated heterocycles. The highest BCUT2D eigenvalue weighted by Gasteiger charge is 2.10. The first-order valence-electron chi connectivity index (χ1n) is 7.72. The maximum absolute atomic E-state index is 12.1. The maximum Gasteiger partial charge on any atom is 0.276 e. The number of anilines is 1. The fraction of sp³-hybridized carbons (Fsp3) is 0.111. The van der Waals surface area contributed by atoms with Gasteiger partial charge in [-0.15, -0.1) is 0 Å². The highest BCUT2D eigenvalue weighted by Crippen LogP contribution is 2.11. The van der Waals surface area contributed by atoms with Crippen LogP contribution in [-0.4, -0.2) is 27.0 Å². The van der Waals surface area contributed by atoms with E-state index in [0.717, 1.165) is 11.3 Å². The smallest absolute Gasteiger partial charge is 0.276 e. The van der Waals surface area contributed by atoms with Crippen molar-refractivity contribution in [3.8, 4) is 0 Å². The Kier molecular flexibility index (Phi) is 4.84. The highest BCUT2D eigenvalue weighted by molar-refractivity contribution is 6.03. The summed E-state index contributed by atoms with van der Waals surface area (Å²) in [6.07, 6.45) is 3.36. The second-order valence-electron chi connectivity index (χ2n) is 5.51. The van der Waals surface area contributed by atoms with E-state index >= 15 is 0 Å². The van der Waals surface area contributed by atoms with Gasteiger partial charge in [-0.05, 0) is 55.0 Å². The molecule has 0 radical (unpaired) electrons. The summed E-state index contributed by atoms with van der Waals surface area (Å²) in [5.41, 5.74) is 3.21. The van der Waals surface area contributed by atoms with E-state index in [1.165, 1.54) is 0 Å². The molecule has 3 aromatic rings. The van der Waals surface area contributed by atoms with Gasteiger partial charge >= 0.3 is 0 Å². The van der Waals surface area contributed by atoms with Crippen molar-refractivity contribution in [2.75, 3.05) is 5.32 Å². The maximum atomic E-state index is 12.1. The van der Waals surface area contributed by atoms with Gasteiger partial charge in [0, 0.05) is 35.9 Å². The van der Waals surface area contributed by atoms with E-state index in [1.54, 1.807) is 42.7 Å². The van der Waals surface area contributed by atoms with E-state index in [4.69, 9.17) is 0 Å². The van der Waals surface area contributed by atoms with E-state index in [9.17, 15) is 9.59 Å². The van der Waals surface area contributed by atoms with Gasteiger partial charge in [0.25, 0.3) is 11.8 Å². The monoisotopic (exact) mass is 335 g/mol. The lowest BCUT2D eigenvalue weighted by molar-refractivity contribution is 0.0950. The molecule has 7 nitrogen and oxygen atoms in total. The van der Waals surface area contributed by atoms with Crippen LogP contribution < -0.4 is 10.6 Å². The summed E-state index contributed by atoms with van der Waals surface area (Å²) < 4.78 is 0. The summed E-state index contributed by atoms with van der Waals surface area (Å²) in [7, 11) is 0. The number of aromatic nitrogens is 3. The van der Waals surface area contributed by atoms with E-state index in [1.807, 2.05) is 19.1 Å². The number of aromatic amines is 1. The van der Waals surface area contributed by atoms with Crippen molar-refractivity contribution in [1.82, 2.24) is 20.5 Å². The van der Waals surface area contributed by atoms with Crippen molar-refractivity contribution in [3.63, 3.8) is 0 Å². The van der Waals surface area contributed by atoms with E-state index in [2.05, 4.69) is 25.8 Å².